The van der Waals surface area contributed by atoms with E-state index in [9.17, 15) is 9.90 Å². The summed E-state index contributed by atoms with van der Waals surface area (Å²) in [5, 5.41) is 25.5. The quantitative estimate of drug-likeness (QED) is 0.253. The third-order valence-electron chi connectivity index (χ3n) is 9.48. The second-order valence-electron chi connectivity index (χ2n) is 12.7. The Morgan fingerprint density at radius 2 is 1.88 bits per heavy atom. The molecule has 0 saturated carbocycles. The van der Waals surface area contributed by atoms with E-state index in [2.05, 4.69) is 77.4 Å². The van der Waals surface area contributed by atoms with Crippen molar-refractivity contribution in [3.8, 4) is 5.75 Å². The van der Waals surface area contributed by atoms with Crippen molar-refractivity contribution in [3.05, 3.63) is 66.0 Å². The van der Waals surface area contributed by atoms with Crippen molar-refractivity contribution in [1.29, 1.82) is 0 Å². The Bertz CT molecular complexity index is 1320. The number of aliphatic hydroxyl groups excluding tert-OH is 1. The van der Waals surface area contributed by atoms with Crippen LogP contribution in [-0.2, 0) is 28.9 Å². The molecule has 0 radical (unpaired) electrons. The summed E-state index contributed by atoms with van der Waals surface area (Å²) in [6, 6.07) is 16.8. The zero-order valence-corrected chi connectivity index (χ0v) is 27.0. The highest BCUT2D eigenvalue weighted by Crippen LogP contribution is 2.46. The van der Waals surface area contributed by atoms with Crippen molar-refractivity contribution in [2.24, 2.45) is 5.92 Å². The summed E-state index contributed by atoms with van der Waals surface area (Å²) < 4.78 is 14.2. The second-order valence-corrected chi connectivity index (χ2v) is 17.3. The van der Waals surface area contributed by atoms with E-state index in [0.29, 0.717) is 17.9 Å². The standard InChI is InChI=1S/C33H47N5O4Si/c1-23-30(16-9-24-7-10-25(11-8-24)35-33(40)29-6-5-19-34-29)42-31(17-20-38-22-26(18-21-39)36-37-38)32(23)43(3,4)28-14-12-27(41-2)13-15-28/h7-8,10-15,22-23,29-32,34,39H,5-6,9,16-21H2,1-4H3,(H,35,40)/t23-,29-,30+,31-,32+/m1/s1. The molecule has 1 amide bonds. The van der Waals surface area contributed by atoms with Crippen molar-refractivity contribution in [3.63, 3.8) is 0 Å². The van der Waals surface area contributed by atoms with Gasteiger partial charge in [0.1, 0.15) is 5.75 Å². The fourth-order valence-electron chi connectivity index (χ4n) is 7.05. The van der Waals surface area contributed by atoms with Crippen LogP contribution in [0.25, 0.3) is 0 Å². The Labute approximate surface area is 256 Å². The SMILES string of the molecule is COc1ccc([Si](C)(C)[C@H]2[C@H](C)[C@H](CCc3ccc(NC(=O)[C@H]4CCCN4)cc3)O[C@@H]2CCn2cc(CCO)nn2)cc1. The van der Waals surface area contributed by atoms with Gasteiger partial charge < -0.3 is 25.2 Å². The number of amides is 1. The molecule has 2 aromatic carbocycles. The molecule has 0 unspecified atom stereocenters. The van der Waals surface area contributed by atoms with Gasteiger partial charge in [-0.3, -0.25) is 9.48 Å². The number of hydrogen-bond donors (Lipinski definition) is 3. The van der Waals surface area contributed by atoms with Crippen LogP contribution in [0.15, 0.2) is 54.7 Å². The van der Waals surface area contributed by atoms with Gasteiger partial charge in [0.15, 0.2) is 0 Å². The van der Waals surface area contributed by atoms with Crippen LogP contribution in [0.3, 0.4) is 0 Å². The molecule has 2 saturated heterocycles. The number of anilines is 1. The summed E-state index contributed by atoms with van der Waals surface area (Å²) in [4.78, 5) is 12.5. The first kappa shape index (κ1) is 31.4. The predicted molar refractivity (Wildman–Crippen MR) is 172 cm³/mol. The number of aryl methyl sites for hydroxylation is 2. The zero-order chi connectivity index (χ0) is 30.4. The highest BCUT2D eigenvalue weighted by Gasteiger charge is 2.50. The first-order chi connectivity index (χ1) is 20.8. The first-order valence-electron chi connectivity index (χ1n) is 15.7. The van der Waals surface area contributed by atoms with E-state index in [1.807, 2.05) is 23.0 Å². The summed E-state index contributed by atoms with van der Waals surface area (Å²) in [5.74, 6) is 1.34. The van der Waals surface area contributed by atoms with E-state index in [1.165, 1.54) is 10.8 Å². The summed E-state index contributed by atoms with van der Waals surface area (Å²) in [6.45, 7) is 9.03. The average Bonchev–Trinajstić information content (AvgIpc) is 3.77. The van der Waals surface area contributed by atoms with Crippen LogP contribution < -0.4 is 20.6 Å². The maximum atomic E-state index is 12.5. The number of benzene rings is 2. The van der Waals surface area contributed by atoms with Crippen LogP contribution in [0.4, 0.5) is 5.69 Å². The molecular weight excluding hydrogens is 558 g/mol. The van der Waals surface area contributed by atoms with Gasteiger partial charge in [0, 0.05) is 31.5 Å². The molecule has 2 aliphatic heterocycles. The van der Waals surface area contributed by atoms with Gasteiger partial charge >= 0.3 is 0 Å². The third kappa shape index (κ3) is 7.54. The molecule has 5 atom stereocenters. The minimum atomic E-state index is -1.94. The van der Waals surface area contributed by atoms with Crippen LogP contribution in [0.1, 0.15) is 43.9 Å². The number of nitrogens with zero attached hydrogens (tertiary/aromatic N) is 3. The summed E-state index contributed by atoms with van der Waals surface area (Å²) in [7, 11) is -0.236. The van der Waals surface area contributed by atoms with Crippen molar-refractivity contribution in [2.75, 3.05) is 25.6 Å². The van der Waals surface area contributed by atoms with Gasteiger partial charge in [-0.25, -0.2) is 0 Å². The van der Waals surface area contributed by atoms with E-state index in [4.69, 9.17) is 9.47 Å². The molecule has 3 heterocycles. The molecule has 2 fully saturated rings. The van der Waals surface area contributed by atoms with Gasteiger partial charge in [-0.15, -0.1) is 5.10 Å². The van der Waals surface area contributed by atoms with Crippen LogP contribution in [0.5, 0.6) is 5.75 Å². The number of aliphatic hydroxyl groups is 1. The number of carbonyl (C=O) groups is 1. The highest BCUT2D eigenvalue weighted by molar-refractivity contribution is 6.91. The lowest BCUT2D eigenvalue weighted by atomic mass is 9.95. The maximum absolute atomic E-state index is 12.5. The number of hydrogen-bond acceptors (Lipinski definition) is 7. The van der Waals surface area contributed by atoms with Gasteiger partial charge in [-0.05, 0) is 79.9 Å². The van der Waals surface area contributed by atoms with E-state index >= 15 is 0 Å². The van der Waals surface area contributed by atoms with E-state index in [1.54, 1.807) is 7.11 Å². The van der Waals surface area contributed by atoms with Gasteiger partial charge in [0.25, 0.3) is 0 Å². The number of nitrogens with one attached hydrogen (secondary N) is 2. The van der Waals surface area contributed by atoms with Crippen LogP contribution in [0.2, 0.25) is 18.6 Å². The van der Waals surface area contributed by atoms with E-state index in [-0.39, 0.29) is 30.8 Å². The Hall–Kier alpha value is -3.05. The van der Waals surface area contributed by atoms with Crippen molar-refractivity contribution >= 4 is 24.9 Å². The Balaban J connectivity index is 1.26. The largest absolute Gasteiger partial charge is 0.497 e. The lowest BCUT2D eigenvalue weighted by molar-refractivity contribution is -0.117. The molecule has 232 valence electrons. The minimum absolute atomic E-state index is 0.0506. The molecule has 1 aromatic heterocycles. The monoisotopic (exact) mass is 605 g/mol. The number of ether oxygens (including phenoxy) is 2. The average molecular weight is 606 g/mol. The lowest BCUT2D eigenvalue weighted by Crippen LogP contribution is -2.50. The Morgan fingerprint density at radius 3 is 2.56 bits per heavy atom. The number of rotatable bonds is 13. The molecule has 43 heavy (non-hydrogen) atoms. The third-order valence-corrected chi connectivity index (χ3v) is 13.9. The predicted octanol–water partition coefficient (Wildman–Crippen LogP) is 3.92. The van der Waals surface area contributed by atoms with Gasteiger partial charge in [0.2, 0.25) is 5.91 Å². The number of methoxy groups -OCH3 is 1. The van der Waals surface area contributed by atoms with Crippen LogP contribution in [-0.4, -0.2) is 72.6 Å². The van der Waals surface area contributed by atoms with Crippen molar-refractivity contribution in [2.45, 2.75) is 88.9 Å². The molecule has 2 aliphatic rings. The Kier molecular flexibility index (Phi) is 10.3. The molecule has 10 heteroatoms. The summed E-state index contributed by atoms with van der Waals surface area (Å²) >= 11 is 0. The molecule has 0 aliphatic carbocycles. The van der Waals surface area contributed by atoms with E-state index < -0.39 is 8.07 Å². The molecule has 0 bridgehead atoms. The van der Waals surface area contributed by atoms with Gasteiger partial charge in [0.05, 0.1) is 39.1 Å². The van der Waals surface area contributed by atoms with E-state index in [0.717, 1.165) is 62.3 Å². The van der Waals surface area contributed by atoms with Crippen LogP contribution in [0, 0.1) is 5.92 Å². The fourth-order valence-corrected chi connectivity index (χ4v) is 11.2. The molecular formula is C33H47N5O4Si. The highest BCUT2D eigenvalue weighted by atomic mass is 28.3. The first-order valence-corrected chi connectivity index (χ1v) is 18.8. The van der Waals surface area contributed by atoms with Crippen LogP contribution >= 0.6 is 0 Å². The normalized spacial score (nSPS) is 23.9. The number of carbonyl (C=O) groups excluding carboxylic acids is 1. The topological polar surface area (TPSA) is 111 Å². The fraction of sp³-hybridized carbons (Fsp3) is 0.545. The smallest absolute Gasteiger partial charge is 0.241 e. The Morgan fingerprint density at radius 1 is 1.12 bits per heavy atom. The molecule has 3 N–H and O–H groups in total. The van der Waals surface area contributed by atoms with Crippen molar-refractivity contribution in [1.82, 2.24) is 20.3 Å². The minimum Gasteiger partial charge on any atom is -0.497 e. The molecule has 0 spiro atoms. The van der Waals surface area contributed by atoms with Gasteiger partial charge in [-0.2, -0.15) is 0 Å². The zero-order valence-electron chi connectivity index (χ0n) is 26.0. The lowest BCUT2D eigenvalue weighted by Gasteiger charge is -2.36. The molecule has 5 rings (SSSR count). The summed E-state index contributed by atoms with van der Waals surface area (Å²) in [5.41, 5.74) is 3.34. The maximum Gasteiger partial charge on any atom is 0.241 e. The molecule has 3 aromatic rings. The van der Waals surface area contributed by atoms with Crippen molar-refractivity contribution < 1.29 is 19.4 Å². The second kappa shape index (κ2) is 14.2. The molecule has 9 nitrogen and oxygen atoms in total. The number of aromatic nitrogens is 3. The summed E-state index contributed by atoms with van der Waals surface area (Å²) in [6.07, 6.45) is 7.41. The van der Waals surface area contributed by atoms with Gasteiger partial charge in [-0.1, -0.05) is 54.7 Å².